The lowest BCUT2D eigenvalue weighted by atomic mass is 9.92. The van der Waals surface area contributed by atoms with Crippen LogP contribution >= 0.6 is 0 Å². The number of carbonyl (C=O) groups is 2. The molecule has 0 saturated carbocycles. The fourth-order valence-electron chi connectivity index (χ4n) is 1.80. The lowest BCUT2D eigenvalue weighted by Crippen LogP contribution is -2.21. The molecule has 100 valence electrons. The van der Waals surface area contributed by atoms with Gasteiger partial charge in [-0.3, -0.25) is 9.59 Å². The lowest BCUT2D eigenvalue weighted by Gasteiger charge is -2.15. The van der Waals surface area contributed by atoms with Crippen LogP contribution in [0.15, 0.2) is 29.7 Å². The van der Waals surface area contributed by atoms with Crippen LogP contribution in [0.25, 0.3) is 0 Å². The summed E-state index contributed by atoms with van der Waals surface area (Å²) in [5.41, 5.74) is 0.123. The first-order valence-corrected chi connectivity index (χ1v) is 6.04. The molecule has 0 unspecified atom stereocenters. The smallest absolute Gasteiger partial charge is 0.232 e. The summed E-state index contributed by atoms with van der Waals surface area (Å²) >= 11 is 0. The van der Waals surface area contributed by atoms with Crippen molar-refractivity contribution in [2.24, 2.45) is 0 Å². The van der Waals surface area contributed by atoms with Gasteiger partial charge in [-0.2, -0.15) is 0 Å². The molecule has 0 aromatic heterocycles. The number of rotatable bonds is 4. The highest BCUT2D eigenvalue weighted by Crippen LogP contribution is 2.27. The molecule has 0 saturated heterocycles. The van der Waals surface area contributed by atoms with Crippen molar-refractivity contribution in [2.45, 2.75) is 19.8 Å². The van der Waals surface area contributed by atoms with E-state index in [0.717, 1.165) is 12.8 Å². The molecule has 0 fully saturated rings. The number of ketones is 2. The first-order chi connectivity index (χ1) is 9.06. The average Bonchev–Trinajstić information content (AvgIpc) is 2.43. The summed E-state index contributed by atoms with van der Waals surface area (Å²) < 4.78 is 5.43. The van der Waals surface area contributed by atoms with Crippen LogP contribution in [0, 0.1) is 0 Å². The zero-order chi connectivity index (χ0) is 14.0. The zero-order valence-corrected chi connectivity index (χ0v) is 10.5. The molecule has 0 spiro atoms. The Bertz CT molecular complexity index is 571. The predicted molar refractivity (Wildman–Crippen MR) is 67.8 cm³/mol. The second-order valence-corrected chi connectivity index (χ2v) is 4.26. The van der Waals surface area contributed by atoms with Crippen LogP contribution in [-0.2, 0) is 0 Å². The van der Waals surface area contributed by atoms with Gasteiger partial charge in [0.2, 0.25) is 23.1 Å². The van der Waals surface area contributed by atoms with Gasteiger partial charge in [-0.1, -0.05) is 13.3 Å². The van der Waals surface area contributed by atoms with Crippen LogP contribution in [0.2, 0.25) is 0 Å². The van der Waals surface area contributed by atoms with Crippen LogP contribution in [0.3, 0.4) is 0 Å². The van der Waals surface area contributed by atoms with E-state index in [2.05, 4.69) is 0 Å². The second kappa shape index (κ2) is 5.14. The third-order valence-electron chi connectivity index (χ3n) is 2.90. The van der Waals surface area contributed by atoms with Gasteiger partial charge in [0, 0.05) is 11.1 Å². The second-order valence-electron chi connectivity index (χ2n) is 4.26. The Kier molecular flexibility index (Phi) is 3.55. The van der Waals surface area contributed by atoms with Crippen molar-refractivity contribution in [3.8, 4) is 5.75 Å². The molecule has 2 rings (SSSR count). The number of carbonyl (C=O) groups excluding carboxylic acids is 2. The van der Waals surface area contributed by atoms with Crippen molar-refractivity contribution >= 4 is 11.6 Å². The number of fused-ring (bicyclic) bond motifs is 1. The number of aliphatic hydroxyl groups is 2. The average molecular weight is 262 g/mol. The van der Waals surface area contributed by atoms with Crippen molar-refractivity contribution in [2.75, 3.05) is 6.61 Å². The number of hydrogen-bond donors (Lipinski definition) is 2. The number of ether oxygens (including phenoxy) is 1. The third kappa shape index (κ3) is 2.31. The molecule has 5 nitrogen and oxygen atoms in total. The Morgan fingerprint density at radius 3 is 2.32 bits per heavy atom. The van der Waals surface area contributed by atoms with E-state index in [-0.39, 0.29) is 11.1 Å². The van der Waals surface area contributed by atoms with Crippen molar-refractivity contribution in [1.29, 1.82) is 0 Å². The molecule has 1 aliphatic rings. The molecule has 2 N–H and O–H groups in total. The number of benzene rings is 1. The molecule has 0 amide bonds. The Labute approximate surface area is 110 Å². The van der Waals surface area contributed by atoms with Crippen molar-refractivity contribution < 1.29 is 24.5 Å². The topological polar surface area (TPSA) is 83.8 Å². The highest BCUT2D eigenvalue weighted by molar-refractivity contribution is 6.25. The third-order valence-corrected chi connectivity index (χ3v) is 2.90. The van der Waals surface area contributed by atoms with Gasteiger partial charge in [0.25, 0.3) is 0 Å². The Morgan fingerprint density at radius 1 is 1.05 bits per heavy atom. The van der Waals surface area contributed by atoms with E-state index in [0.29, 0.717) is 12.4 Å². The molecular weight excluding hydrogens is 248 g/mol. The summed E-state index contributed by atoms with van der Waals surface area (Å²) in [4.78, 5) is 23.5. The maximum atomic E-state index is 11.8. The van der Waals surface area contributed by atoms with E-state index < -0.39 is 23.1 Å². The van der Waals surface area contributed by atoms with Gasteiger partial charge >= 0.3 is 0 Å². The Balaban J connectivity index is 2.33. The van der Waals surface area contributed by atoms with E-state index >= 15 is 0 Å². The molecule has 5 heteroatoms. The van der Waals surface area contributed by atoms with Crippen molar-refractivity contribution in [1.82, 2.24) is 0 Å². The zero-order valence-electron chi connectivity index (χ0n) is 10.5. The van der Waals surface area contributed by atoms with E-state index in [1.165, 1.54) is 12.1 Å². The normalized spacial score (nSPS) is 14.6. The number of aliphatic hydroxyl groups excluding tert-OH is 2. The highest BCUT2D eigenvalue weighted by Gasteiger charge is 2.32. The van der Waals surface area contributed by atoms with Crippen molar-refractivity contribution in [3.05, 3.63) is 40.8 Å². The molecule has 0 aliphatic heterocycles. The molecule has 0 radical (unpaired) electrons. The first kappa shape index (κ1) is 13.1. The first-order valence-electron chi connectivity index (χ1n) is 6.04. The molecule has 1 aromatic rings. The minimum Gasteiger partial charge on any atom is -0.501 e. The van der Waals surface area contributed by atoms with Gasteiger partial charge in [0.15, 0.2) is 0 Å². The maximum absolute atomic E-state index is 11.8. The van der Waals surface area contributed by atoms with E-state index in [1.54, 1.807) is 6.07 Å². The molecule has 0 bridgehead atoms. The van der Waals surface area contributed by atoms with E-state index in [9.17, 15) is 19.8 Å². The molecular formula is C14H14O5. The van der Waals surface area contributed by atoms with E-state index in [4.69, 9.17) is 4.74 Å². The number of hydrogen-bond acceptors (Lipinski definition) is 5. The van der Waals surface area contributed by atoms with Crippen LogP contribution in [0.5, 0.6) is 5.75 Å². The van der Waals surface area contributed by atoms with Gasteiger partial charge in [0.1, 0.15) is 5.75 Å². The minimum atomic E-state index is -0.914. The van der Waals surface area contributed by atoms with Crippen molar-refractivity contribution in [3.63, 3.8) is 0 Å². The SMILES string of the molecule is CCCCOc1ccc2c(c1)C(=O)C(O)=C(O)C2=O. The van der Waals surface area contributed by atoms with Crippen LogP contribution in [0.4, 0.5) is 0 Å². The fourth-order valence-corrected chi connectivity index (χ4v) is 1.80. The number of allylic oxidation sites excluding steroid dienone is 2. The number of unbranched alkanes of at least 4 members (excludes halogenated alkanes) is 1. The molecule has 0 atom stereocenters. The van der Waals surface area contributed by atoms with Gasteiger partial charge in [-0.15, -0.1) is 0 Å². The fraction of sp³-hybridized carbons (Fsp3) is 0.286. The summed E-state index contributed by atoms with van der Waals surface area (Å²) in [6, 6.07) is 4.39. The van der Waals surface area contributed by atoms with E-state index in [1.807, 2.05) is 6.92 Å². The summed E-state index contributed by atoms with van der Waals surface area (Å²) in [6.07, 6.45) is 1.87. The van der Waals surface area contributed by atoms with Gasteiger partial charge in [0.05, 0.1) is 6.61 Å². The molecule has 0 heterocycles. The van der Waals surface area contributed by atoms with Gasteiger partial charge < -0.3 is 14.9 Å². The molecule has 1 aromatic carbocycles. The molecule has 1 aliphatic carbocycles. The lowest BCUT2D eigenvalue weighted by molar-refractivity contribution is 0.0880. The number of Topliss-reactive ketones (excluding diaryl/α,β-unsaturated/α-hetero) is 2. The quantitative estimate of drug-likeness (QED) is 0.815. The van der Waals surface area contributed by atoms with Crippen LogP contribution in [-0.4, -0.2) is 28.4 Å². The summed E-state index contributed by atoms with van der Waals surface area (Å²) in [6.45, 7) is 2.55. The van der Waals surface area contributed by atoms with Crippen LogP contribution in [0.1, 0.15) is 40.5 Å². The summed E-state index contributed by atoms with van der Waals surface area (Å²) in [5, 5.41) is 18.7. The molecule has 19 heavy (non-hydrogen) atoms. The van der Waals surface area contributed by atoms with Gasteiger partial charge in [-0.05, 0) is 24.6 Å². The largest absolute Gasteiger partial charge is 0.501 e. The van der Waals surface area contributed by atoms with Gasteiger partial charge in [-0.25, -0.2) is 0 Å². The summed E-state index contributed by atoms with van der Waals surface area (Å²) in [5.74, 6) is -2.89. The Hall–Kier alpha value is -2.30. The monoisotopic (exact) mass is 262 g/mol. The maximum Gasteiger partial charge on any atom is 0.232 e. The summed E-state index contributed by atoms with van der Waals surface area (Å²) in [7, 11) is 0. The standard InChI is InChI=1S/C14H14O5/c1-2-3-6-19-8-4-5-9-10(7-8)12(16)14(18)13(17)11(9)15/h4-5,7,17-18H,2-3,6H2,1H3. The Morgan fingerprint density at radius 2 is 1.68 bits per heavy atom. The van der Waals surface area contributed by atoms with Crippen LogP contribution < -0.4 is 4.74 Å². The predicted octanol–water partition coefficient (Wildman–Crippen LogP) is 2.57. The minimum absolute atomic E-state index is 0.0503. The highest BCUT2D eigenvalue weighted by atomic mass is 16.5.